The van der Waals surface area contributed by atoms with E-state index in [2.05, 4.69) is 13.8 Å². The van der Waals surface area contributed by atoms with E-state index in [1.807, 2.05) is 45.0 Å². The van der Waals surface area contributed by atoms with E-state index in [1.165, 1.54) is 0 Å². The third-order valence-electron chi connectivity index (χ3n) is 5.23. The number of nitrogens with zero attached hydrogens (tertiary/aromatic N) is 3. The zero-order valence-corrected chi connectivity index (χ0v) is 18.9. The highest BCUT2D eigenvalue weighted by molar-refractivity contribution is 6.31. The maximum Gasteiger partial charge on any atom is 0.261 e. The van der Waals surface area contributed by atoms with E-state index in [-0.39, 0.29) is 23.4 Å². The summed E-state index contributed by atoms with van der Waals surface area (Å²) in [5.74, 6) is 0.760. The Morgan fingerprint density at radius 1 is 1.13 bits per heavy atom. The van der Waals surface area contributed by atoms with Crippen LogP contribution in [0, 0.1) is 12.8 Å². The van der Waals surface area contributed by atoms with Crippen LogP contribution in [0.5, 0.6) is 0 Å². The zero-order valence-electron chi connectivity index (χ0n) is 18.1. The van der Waals surface area contributed by atoms with Gasteiger partial charge in [-0.1, -0.05) is 43.1 Å². The van der Waals surface area contributed by atoms with E-state index < -0.39 is 0 Å². The van der Waals surface area contributed by atoms with Crippen molar-refractivity contribution in [2.45, 2.75) is 47.2 Å². The highest BCUT2D eigenvalue weighted by atomic mass is 35.5. The maximum atomic E-state index is 13.4. The lowest BCUT2D eigenvalue weighted by Crippen LogP contribution is -2.39. The van der Waals surface area contributed by atoms with Crippen molar-refractivity contribution in [1.82, 2.24) is 14.5 Å². The van der Waals surface area contributed by atoms with Crippen molar-refractivity contribution < 1.29 is 4.79 Å². The standard InChI is InChI=1S/C24H28ClN3O2/c1-6-27-22(26-21-13-19(25)11-12-20(21)24(27)30)17(5)28(14-15(2)3)23(29)18-9-7-16(4)8-10-18/h7-13,15,17H,6,14H2,1-5H3. The van der Waals surface area contributed by atoms with E-state index in [0.717, 1.165) is 5.56 Å². The van der Waals surface area contributed by atoms with E-state index in [0.29, 0.717) is 40.4 Å². The molecule has 0 aliphatic carbocycles. The molecule has 3 aromatic rings. The second-order valence-electron chi connectivity index (χ2n) is 8.07. The van der Waals surface area contributed by atoms with Crippen LogP contribution in [-0.4, -0.2) is 26.9 Å². The van der Waals surface area contributed by atoms with E-state index in [4.69, 9.17) is 16.6 Å². The van der Waals surface area contributed by atoms with Crippen LogP contribution in [-0.2, 0) is 6.54 Å². The number of fused-ring (bicyclic) bond motifs is 1. The molecule has 0 radical (unpaired) electrons. The predicted molar refractivity (Wildman–Crippen MR) is 122 cm³/mol. The molecule has 0 bridgehead atoms. The van der Waals surface area contributed by atoms with Crippen LogP contribution in [0.25, 0.3) is 10.9 Å². The van der Waals surface area contributed by atoms with Gasteiger partial charge in [-0.05, 0) is 57.0 Å². The first-order valence-corrected chi connectivity index (χ1v) is 10.7. The molecule has 30 heavy (non-hydrogen) atoms. The molecule has 1 amide bonds. The first-order valence-electron chi connectivity index (χ1n) is 10.3. The Labute approximate surface area is 182 Å². The SMILES string of the molecule is CCn1c(C(C)N(CC(C)C)C(=O)c2ccc(C)cc2)nc2cc(Cl)ccc2c1=O. The number of aryl methyl sites for hydroxylation is 1. The van der Waals surface area contributed by atoms with Gasteiger partial charge in [-0.2, -0.15) is 0 Å². The van der Waals surface area contributed by atoms with Crippen molar-refractivity contribution in [3.05, 3.63) is 74.8 Å². The molecule has 0 saturated heterocycles. The minimum absolute atomic E-state index is 0.0701. The molecule has 6 heteroatoms. The fraction of sp³-hybridized carbons (Fsp3) is 0.375. The number of carbonyl (C=O) groups is 1. The van der Waals surface area contributed by atoms with Crippen LogP contribution in [0.2, 0.25) is 5.02 Å². The lowest BCUT2D eigenvalue weighted by atomic mass is 10.1. The lowest BCUT2D eigenvalue weighted by molar-refractivity contribution is 0.0653. The van der Waals surface area contributed by atoms with Gasteiger partial charge in [0, 0.05) is 23.7 Å². The van der Waals surface area contributed by atoms with Gasteiger partial charge in [0.1, 0.15) is 5.82 Å². The molecule has 1 heterocycles. The summed E-state index contributed by atoms with van der Waals surface area (Å²) in [6, 6.07) is 12.3. The summed E-state index contributed by atoms with van der Waals surface area (Å²) in [6.45, 7) is 11.0. The molecule has 0 aliphatic heterocycles. The van der Waals surface area contributed by atoms with Gasteiger partial charge in [0.25, 0.3) is 11.5 Å². The van der Waals surface area contributed by atoms with Gasteiger partial charge in [0.2, 0.25) is 0 Å². The van der Waals surface area contributed by atoms with Crippen molar-refractivity contribution in [1.29, 1.82) is 0 Å². The normalized spacial score (nSPS) is 12.4. The zero-order chi connectivity index (χ0) is 22.0. The van der Waals surface area contributed by atoms with Gasteiger partial charge in [-0.3, -0.25) is 14.2 Å². The van der Waals surface area contributed by atoms with Gasteiger partial charge in [-0.25, -0.2) is 4.98 Å². The summed E-state index contributed by atoms with van der Waals surface area (Å²) >= 11 is 6.14. The summed E-state index contributed by atoms with van der Waals surface area (Å²) in [4.78, 5) is 33.1. The molecule has 1 aromatic heterocycles. The Morgan fingerprint density at radius 2 is 1.80 bits per heavy atom. The second-order valence-corrected chi connectivity index (χ2v) is 8.51. The number of benzene rings is 2. The Kier molecular flexibility index (Phi) is 6.61. The Hall–Kier alpha value is -2.66. The minimum Gasteiger partial charge on any atom is -0.328 e. The number of amides is 1. The summed E-state index contributed by atoms with van der Waals surface area (Å²) in [5.41, 5.74) is 2.16. The first-order chi connectivity index (χ1) is 14.2. The summed E-state index contributed by atoms with van der Waals surface area (Å²) < 4.78 is 1.65. The molecule has 0 saturated carbocycles. The lowest BCUT2D eigenvalue weighted by Gasteiger charge is -2.32. The number of halogens is 1. The molecule has 2 aromatic carbocycles. The maximum absolute atomic E-state index is 13.4. The molecule has 0 fully saturated rings. The highest BCUT2D eigenvalue weighted by Crippen LogP contribution is 2.24. The van der Waals surface area contributed by atoms with Crippen LogP contribution < -0.4 is 5.56 Å². The molecule has 0 aliphatic rings. The molecule has 5 nitrogen and oxygen atoms in total. The molecule has 158 valence electrons. The summed E-state index contributed by atoms with van der Waals surface area (Å²) in [5, 5.41) is 1.05. The van der Waals surface area contributed by atoms with Gasteiger partial charge >= 0.3 is 0 Å². The van der Waals surface area contributed by atoms with E-state index in [9.17, 15) is 9.59 Å². The third-order valence-corrected chi connectivity index (χ3v) is 5.46. The number of carbonyl (C=O) groups excluding carboxylic acids is 1. The van der Waals surface area contributed by atoms with Crippen molar-refractivity contribution in [2.24, 2.45) is 5.92 Å². The molecule has 1 unspecified atom stereocenters. The number of hydrogen-bond acceptors (Lipinski definition) is 3. The van der Waals surface area contributed by atoms with Crippen molar-refractivity contribution in [2.75, 3.05) is 6.54 Å². The Morgan fingerprint density at radius 3 is 2.40 bits per heavy atom. The first kappa shape index (κ1) is 22.0. The molecule has 0 N–H and O–H groups in total. The second kappa shape index (κ2) is 9.00. The predicted octanol–water partition coefficient (Wildman–Crippen LogP) is 5.24. The van der Waals surface area contributed by atoms with Crippen LogP contribution in [0.4, 0.5) is 0 Å². The molecular weight excluding hydrogens is 398 g/mol. The summed E-state index contributed by atoms with van der Waals surface area (Å²) in [7, 11) is 0. The molecule has 3 rings (SSSR count). The van der Waals surface area contributed by atoms with Gasteiger partial charge in [0.15, 0.2) is 0 Å². The van der Waals surface area contributed by atoms with Gasteiger partial charge in [-0.15, -0.1) is 0 Å². The molecule has 1 atom stereocenters. The number of aromatic nitrogens is 2. The Balaban J connectivity index is 2.13. The Bertz CT molecular complexity index is 1120. The van der Waals surface area contributed by atoms with Crippen LogP contribution in [0.15, 0.2) is 47.3 Å². The quantitative estimate of drug-likeness (QED) is 0.542. The topological polar surface area (TPSA) is 55.2 Å². The van der Waals surface area contributed by atoms with Gasteiger partial charge in [0.05, 0.1) is 16.9 Å². The molecule has 0 spiro atoms. The van der Waals surface area contributed by atoms with Gasteiger partial charge < -0.3 is 4.90 Å². The van der Waals surface area contributed by atoms with Crippen LogP contribution in [0.1, 0.15) is 55.5 Å². The number of rotatable bonds is 6. The summed E-state index contributed by atoms with van der Waals surface area (Å²) in [6.07, 6.45) is 0. The third kappa shape index (κ3) is 4.41. The monoisotopic (exact) mass is 425 g/mol. The molecular formula is C24H28ClN3O2. The van der Waals surface area contributed by atoms with Crippen LogP contribution >= 0.6 is 11.6 Å². The van der Waals surface area contributed by atoms with Crippen molar-refractivity contribution >= 4 is 28.4 Å². The minimum atomic E-state index is -0.378. The average Bonchev–Trinajstić information content (AvgIpc) is 2.71. The average molecular weight is 426 g/mol. The highest BCUT2D eigenvalue weighted by Gasteiger charge is 2.27. The fourth-order valence-corrected chi connectivity index (χ4v) is 3.81. The largest absolute Gasteiger partial charge is 0.328 e. The fourth-order valence-electron chi connectivity index (χ4n) is 3.65. The smallest absolute Gasteiger partial charge is 0.261 e. The van der Waals surface area contributed by atoms with Crippen molar-refractivity contribution in [3.63, 3.8) is 0 Å². The van der Waals surface area contributed by atoms with E-state index >= 15 is 0 Å². The van der Waals surface area contributed by atoms with Crippen molar-refractivity contribution in [3.8, 4) is 0 Å². The number of hydrogen-bond donors (Lipinski definition) is 0. The van der Waals surface area contributed by atoms with Crippen LogP contribution in [0.3, 0.4) is 0 Å². The van der Waals surface area contributed by atoms with E-state index in [1.54, 1.807) is 27.7 Å².